The van der Waals surface area contributed by atoms with Crippen LogP contribution in [0.5, 0.6) is 0 Å². The van der Waals surface area contributed by atoms with Gasteiger partial charge in [0.15, 0.2) is 11.5 Å². The molecule has 72 valence electrons. The lowest BCUT2D eigenvalue weighted by Gasteiger charge is -1.94. The number of carbonyl (C=O) groups is 1. The SMILES string of the molecule is CNCC(=O)c1n[nH]c2cccnc12. The summed E-state index contributed by atoms with van der Waals surface area (Å²) >= 11 is 0. The highest BCUT2D eigenvalue weighted by atomic mass is 16.1. The van der Waals surface area contributed by atoms with E-state index >= 15 is 0 Å². The van der Waals surface area contributed by atoms with Crippen molar-refractivity contribution in [1.29, 1.82) is 0 Å². The third-order valence-electron chi connectivity index (χ3n) is 1.92. The van der Waals surface area contributed by atoms with Crippen LogP contribution in [0.15, 0.2) is 18.3 Å². The first-order chi connectivity index (χ1) is 6.83. The van der Waals surface area contributed by atoms with Gasteiger partial charge in [-0.15, -0.1) is 0 Å². The molecule has 2 aromatic rings. The summed E-state index contributed by atoms with van der Waals surface area (Å²) in [5.74, 6) is -0.0579. The summed E-state index contributed by atoms with van der Waals surface area (Å²) in [4.78, 5) is 15.6. The van der Waals surface area contributed by atoms with Crippen molar-refractivity contribution in [2.45, 2.75) is 0 Å². The first-order valence-corrected chi connectivity index (χ1v) is 4.30. The summed E-state index contributed by atoms with van der Waals surface area (Å²) < 4.78 is 0. The molecule has 0 unspecified atom stereocenters. The van der Waals surface area contributed by atoms with Crippen molar-refractivity contribution in [2.24, 2.45) is 0 Å². The number of hydrogen-bond acceptors (Lipinski definition) is 4. The molecular formula is C9H10N4O. The van der Waals surface area contributed by atoms with E-state index in [2.05, 4.69) is 20.5 Å². The van der Waals surface area contributed by atoms with Crippen molar-refractivity contribution in [2.75, 3.05) is 13.6 Å². The van der Waals surface area contributed by atoms with E-state index in [0.29, 0.717) is 11.2 Å². The molecule has 14 heavy (non-hydrogen) atoms. The topological polar surface area (TPSA) is 70.7 Å². The molecule has 0 fully saturated rings. The average Bonchev–Trinajstić information content (AvgIpc) is 2.61. The van der Waals surface area contributed by atoms with Crippen LogP contribution >= 0.6 is 0 Å². The molecule has 5 nitrogen and oxygen atoms in total. The number of rotatable bonds is 3. The lowest BCUT2D eigenvalue weighted by Crippen LogP contribution is -2.19. The minimum absolute atomic E-state index is 0.0579. The number of aromatic nitrogens is 3. The number of aromatic amines is 1. The van der Waals surface area contributed by atoms with Crippen LogP contribution < -0.4 is 5.32 Å². The van der Waals surface area contributed by atoms with E-state index in [0.717, 1.165) is 5.52 Å². The van der Waals surface area contributed by atoms with Crippen molar-refractivity contribution in [3.8, 4) is 0 Å². The molecule has 2 N–H and O–H groups in total. The molecule has 5 heteroatoms. The quantitative estimate of drug-likeness (QED) is 0.685. The maximum atomic E-state index is 11.5. The maximum absolute atomic E-state index is 11.5. The van der Waals surface area contributed by atoms with Gasteiger partial charge in [-0.05, 0) is 19.2 Å². The minimum atomic E-state index is -0.0579. The third-order valence-corrected chi connectivity index (χ3v) is 1.92. The summed E-state index contributed by atoms with van der Waals surface area (Å²) in [6.45, 7) is 0.274. The molecule has 0 aliphatic heterocycles. The highest BCUT2D eigenvalue weighted by molar-refractivity contribution is 6.05. The smallest absolute Gasteiger partial charge is 0.199 e. The van der Waals surface area contributed by atoms with Crippen molar-refractivity contribution >= 4 is 16.8 Å². The van der Waals surface area contributed by atoms with Crippen molar-refractivity contribution in [3.05, 3.63) is 24.0 Å². The number of likely N-dealkylation sites (N-methyl/N-ethyl adjacent to an activating group) is 1. The summed E-state index contributed by atoms with van der Waals surface area (Å²) in [6.07, 6.45) is 1.65. The number of nitrogens with zero attached hydrogens (tertiary/aromatic N) is 2. The second-order valence-electron chi connectivity index (χ2n) is 2.93. The van der Waals surface area contributed by atoms with Crippen LogP contribution in [0.1, 0.15) is 10.5 Å². The van der Waals surface area contributed by atoms with Gasteiger partial charge >= 0.3 is 0 Å². The Kier molecular flexibility index (Phi) is 2.24. The lowest BCUT2D eigenvalue weighted by molar-refractivity contribution is 0.0990. The highest BCUT2D eigenvalue weighted by Crippen LogP contribution is 2.11. The second-order valence-corrected chi connectivity index (χ2v) is 2.93. The van der Waals surface area contributed by atoms with E-state index < -0.39 is 0 Å². The summed E-state index contributed by atoms with van der Waals surface area (Å²) in [5.41, 5.74) is 1.81. The number of pyridine rings is 1. The normalized spacial score (nSPS) is 10.6. The summed E-state index contributed by atoms with van der Waals surface area (Å²) in [7, 11) is 1.72. The van der Waals surface area contributed by atoms with Gasteiger partial charge in [0.2, 0.25) is 0 Å². The molecule has 0 bridgehead atoms. The van der Waals surface area contributed by atoms with Gasteiger partial charge in [-0.3, -0.25) is 14.9 Å². The fraction of sp³-hybridized carbons (Fsp3) is 0.222. The number of hydrogen-bond donors (Lipinski definition) is 2. The molecule has 2 rings (SSSR count). The van der Waals surface area contributed by atoms with Crippen LogP contribution in [0.3, 0.4) is 0 Å². The van der Waals surface area contributed by atoms with Gasteiger partial charge in [0.05, 0.1) is 12.1 Å². The third kappa shape index (κ3) is 1.38. The number of Topliss-reactive ketones (excluding diaryl/α,β-unsaturated/α-hetero) is 1. The fourth-order valence-corrected chi connectivity index (χ4v) is 1.29. The zero-order chi connectivity index (χ0) is 9.97. The summed E-state index contributed by atoms with van der Waals surface area (Å²) in [6, 6.07) is 3.64. The van der Waals surface area contributed by atoms with Gasteiger partial charge in [-0.25, -0.2) is 0 Å². The van der Waals surface area contributed by atoms with E-state index in [-0.39, 0.29) is 12.3 Å². The van der Waals surface area contributed by atoms with Crippen molar-refractivity contribution in [3.63, 3.8) is 0 Å². The van der Waals surface area contributed by atoms with E-state index in [1.165, 1.54) is 0 Å². The number of H-pyrrole nitrogens is 1. The molecule has 0 spiro atoms. The Morgan fingerprint density at radius 3 is 3.29 bits per heavy atom. The van der Waals surface area contributed by atoms with Crippen LogP contribution in [0, 0.1) is 0 Å². The van der Waals surface area contributed by atoms with E-state index in [1.807, 2.05) is 6.07 Å². The minimum Gasteiger partial charge on any atom is -0.313 e. The molecule has 2 aromatic heterocycles. The van der Waals surface area contributed by atoms with Crippen LogP contribution in [0.25, 0.3) is 11.0 Å². The largest absolute Gasteiger partial charge is 0.313 e. The maximum Gasteiger partial charge on any atom is 0.199 e. The first kappa shape index (κ1) is 8.83. The van der Waals surface area contributed by atoms with E-state index in [4.69, 9.17) is 0 Å². The molecule has 2 heterocycles. The van der Waals surface area contributed by atoms with Crippen molar-refractivity contribution < 1.29 is 4.79 Å². The molecule has 0 saturated carbocycles. The Labute approximate surface area is 80.5 Å². The zero-order valence-corrected chi connectivity index (χ0v) is 7.74. The molecule has 0 saturated heterocycles. The van der Waals surface area contributed by atoms with Crippen LogP contribution in [0.2, 0.25) is 0 Å². The number of carbonyl (C=O) groups excluding carboxylic acids is 1. The average molecular weight is 190 g/mol. The molecular weight excluding hydrogens is 180 g/mol. The highest BCUT2D eigenvalue weighted by Gasteiger charge is 2.13. The molecule has 0 aliphatic rings. The van der Waals surface area contributed by atoms with Gasteiger partial charge in [0, 0.05) is 6.20 Å². The Balaban J connectivity index is 2.47. The Morgan fingerprint density at radius 2 is 2.50 bits per heavy atom. The molecule has 0 amide bonds. The number of fused-ring (bicyclic) bond motifs is 1. The van der Waals surface area contributed by atoms with E-state index in [9.17, 15) is 4.79 Å². The predicted molar refractivity (Wildman–Crippen MR) is 52.1 cm³/mol. The van der Waals surface area contributed by atoms with Crippen LogP contribution in [-0.4, -0.2) is 34.6 Å². The van der Waals surface area contributed by atoms with Gasteiger partial charge in [0.1, 0.15) is 5.52 Å². The van der Waals surface area contributed by atoms with Gasteiger partial charge in [-0.2, -0.15) is 5.10 Å². The molecule has 0 radical (unpaired) electrons. The van der Waals surface area contributed by atoms with Crippen LogP contribution in [-0.2, 0) is 0 Å². The van der Waals surface area contributed by atoms with E-state index in [1.54, 1.807) is 19.3 Å². The molecule has 0 atom stereocenters. The monoisotopic (exact) mass is 190 g/mol. The zero-order valence-electron chi connectivity index (χ0n) is 7.74. The second kappa shape index (κ2) is 3.55. The fourth-order valence-electron chi connectivity index (χ4n) is 1.29. The lowest BCUT2D eigenvalue weighted by atomic mass is 10.2. The van der Waals surface area contributed by atoms with Gasteiger partial charge in [-0.1, -0.05) is 0 Å². The summed E-state index contributed by atoms with van der Waals surface area (Å²) in [5, 5.41) is 9.49. The standard InChI is InChI=1S/C9H10N4O/c1-10-5-7(14)9-8-6(12-13-9)3-2-4-11-8/h2-4,10H,5H2,1H3,(H,12,13). The predicted octanol–water partition coefficient (Wildman–Crippen LogP) is 0.360. The number of ketones is 1. The molecule has 0 aliphatic carbocycles. The Bertz CT molecular complexity index is 463. The van der Waals surface area contributed by atoms with Crippen LogP contribution in [0.4, 0.5) is 0 Å². The molecule has 0 aromatic carbocycles. The van der Waals surface area contributed by atoms with Gasteiger partial charge in [0.25, 0.3) is 0 Å². The number of nitrogens with one attached hydrogen (secondary N) is 2. The Morgan fingerprint density at radius 1 is 1.64 bits per heavy atom. The first-order valence-electron chi connectivity index (χ1n) is 4.30. The van der Waals surface area contributed by atoms with Crippen molar-refractivity contribution in [1.82, 2.24) is 20.5 Å². The Hall–Kier alpha value is -1.75. The van der Waals surface area contributed by atoms with Gasteiger partial charge < -0.3 is 5.32 Å².